The van der Waals surface area contributed by atoms with Gasteiger partial charge in [0, 0.05) is 12.1 Å². The van der Waals surface area contributed by atoms with Crippen LogP contribution in [0.4, 0.5) is 11.4 Å². The second-order valence-corrected chi connectivity index (χ2v) is 6.96. The summed E-state index contributed by atoms with van der Waals surface area (Å²) < 4.78 is 5.52. The third kappa shape index (κ3) is 6.61. The first kappa shape index (κ1) is 20.8. The molecule has 0 saturated heterocycles. The Kier molecular flexibility index (Phi) is 7.67. The van der Waals surface area contributed by atoms with E-state index in [0.29, 0.717) is 34.5 Å². The van der Waals surface area contributed by atoms with Crippen LogP contribution in [0.15, 0.2) is 42.5 Å². The summed E-state index contributed by atoms with van der Waals surface area (Å²) in [4.78, 5) is 23.9. The van der Waals surface area contributed by atoms with Crippen molar-refractivity contribution < 1.29 is 14.3 Å². The molecule has 144 valence electrons. The van der Waals surface area contributed by atoms with Crippen LogP contribution in [0.2, 0.25) is 5.02 Å². The number of hydrogen-bond donors (Lipinski definition) is 2. The predicted molar refractivity (Wildman–Crippen MR) is 110 cm³/mol. The lowest BCUT2D eigenvalue weighted by molar-refractivity contribution is -0.118. The van der Waals surface area contributed by atoms with Crippen LogP contribution in [0.1, 0.15) is 45.1 Å². The molecule has 2 aromatic rings. The van der Waals surface area contributed by atoms with Crippen LogP contribution in [-0.4, -0.2) is 18.4 Å². The topological polar surface area (TPSA) is 67.4 Å². The normalized spacial score (nSPS) is 10.6. The van der Waals surface area contributed by atoms with E-state index >= 15 is 0 Å². The quantitative estimate of drug-likeness (QED) is 0.651. The van der Waals surface area contributed by atoms with Crippen molar-refractivity contribution in [2.45, 2.75) is 39.5 Å². The fourth-order valence-electron chi connectivity index (χ4n) is 2.43. The molecule has 2 aromatic carbocycles. The number of rotatable bonds is 8. The number of halogens is 1. The van der Waals surface area contributed by atoms with E-state index in [0.717, 1.165) is 6.42 Å². The first-order valence-corrected chi connectivity index (χ1v) is 9.38. The van der Waals surface area contributed by atoms with Crippen LogP contribution in [0.25, 0.3) is 0 Å². The molecule has 0 atom stereocenters. The summed E-state index contributed by atoms with van der Waals surface area (Å²) in [7, 11) is 0. The largest absolute Gasteiger partial charge is 0.484 e. The van der Waals surface area contributed by atoms with E-state index in [4.69, 9.17) is 16.3 Å². The van der Waals surface area contributed by atoms with Gasteiger partial charge in [0.25, 0.3) is 5.91 Å². The molecule has 0 aromatic heterocycles. The second kappa shape index (κ2) is 9.97. The van der Waals surface area contributed by atoms with Gasteiger partial charge in [-0.2, -0.15) is 0 Å². The molecule has 0 bridgehead atoms. The molecule has 2 N–H and O–H groups in total. The van der Waals surface area contributed by atoms with E-state index in [-0.39, 0.29) is 18.4 Å². The Labute approximate surface area is 165 Å². The zero-order chi connectivity index (χ0) is 19.8. The summed E-state index contributed by atoms with van der Waals surface area (Å²) in [5.74, 6) is 0.656. The second-order valence-electron chi connectivity index (χ2n) is 6.55. The van der Waals surface area contributed by atoms with Crippen LogP contribution in [-0.2, 0) is 9.59 Å². The number of hydrogen-bond acceptors (Lipinski definition) is 3. The highest BCUT2D eigenvalue weighted by molar-refractivity contribution is 6.33. The summed E-state index contributed by atoms with van der Waals surface area (Å²) in [6.45, 7) is 6.03. The molecule has 0 aliphatic heterocycles. The third-order valence-electron chi connectivity index (χ3n) is 3.92. The summed E-state index contributed by atoms with van der Waals surface area (Å²) in [6.07, 6.45) is 1.20. The van der Waals surface area contributed by atoms with Gasteiger partial charge in [-0.15, -0.1) is 0 Å². The number of carbonyl (C=O) groups excluding carboxylic acids is 2. The van der Waals surface area contributed by atoms with Crippen LogP contribution in [0.3, 0.4) is 0 Å². The summed E-state index contributed by atoms with van der Waals surface area (Å²) in [6, 6.07) is 12.6. The fraction of sp³-hybridized carbons (Fsp3) is 0.333. The predicted octanol–water partition coefficient (Wildman–Crippen LogP) is 5.22. The van der Waals surface area contributed by atoms with E-state index in [1.807, 2.05) is 31.2 Å². The van der Waals surface area contributed by atoms with Crippen molar-refractivity contribution in [2.75, 3.05) is 17.2 Å². The van der Waals surface area contributed by atoms with Crippen molar-refractivity contribution >= 4 is 34.8 Å². The molecular formula is C21H25ClN2O3. The molecule has 6 heteroatoms. The molecule has 2 rings (SSSR count). The zero-order valence-electron chi connectivity index (χ0n) is 15.8. The van der Waals surface area contributed by atoms with Gasteiger partial charge >= 0.3 is 0 Å². The number of anilines is 2. The van der Waals surface area contributed by atoms with E-state index in [2.05, 4.69) is 24.5 Å². The number of carbonyl (C=O) groups is 2. The lowest BCUT2D eigenvalue weighted by Crippen LogP contribution is -2.20. The number of nitrogens with one attached hydrogen (secondary N) is 2. The van der Waals surface area contributed by atoms with E-state index in [1.54, 1.807) is 18.2 Å². The van der Waals surface area contributed by atoms with Crippen LogP contribution >= 0.6 is 11.6 Å². The molecule has 0 unspecified atom stereocenters. The van der Waals surface area contributed by atoms with Crippen molar-refractivity contribution in [3.8, 4) is 5.75 Å². The average molecular weight is 389 g/mol. The van der Waals surface area contributed by atoms with Gasteiger partial charge in [0.2, 0.25) is 5.91 Å². The monoisotopic (exact) mass is 388 g/mol. The molecule has 5 nitrogen and oxygen atoms in total. The number of amides is 2. The summed E-state index contributed by atoms with van der Waals surface area (Å²) >= 11 is 6.13. The SMILES string of the molecule is CCCC(=O)Nc1ccc(Cl)c(NC(=O)COc2ccc(C(C)C)cc2)c1. The highest BCUT2D eigenvalue weighted by Crippen LogP contribution is 2.26. The van der Waals surface area contributed by atoms with Gasteiger partial charge in [0.1, 0.15) is 5.75 Å². The van der Waals surface area contributed by atoms with Crippen LogP contribution in [0.5, 0.6) is 5.75 Å². The minimum Gasteiger partial charge on any atom is -0.484 e. The molecular weight excluding hydrogens is 364 g/mol. The molecule has 0 saturated carbocycles. The lowest BCUT2D eigenvalue weighted by Gasteiger charge is -2.12. The van der Waals surface area contributed by atoms with Crippen molar-refractivity contribution in [2.24, 2.45) is 0 Å². The van der Waals surface area contributed by atoms with E-state index < -0.39 is 0 Å². The Morgan fingerprint density at radius 2 is 1.74 bits per heavy atom. The third-order valence-corrected chi connectivity index (χ3v) is 4.25. The highest BCUT2D eigenvalue weighted by Gasteiger charge is 2.09. The van der Waals surface area contributed by atoms with Gasteiger partial charge in [0.05, 0.1) is 10.7 Å². The maximum Gasteiger partial charge on any atom is 0.262 e. The van der Waals surface area contributed by atoms with Gasteiger partial charge < -0.3 is 15.4 Å². The molecule has 0 heterocycles. The molecule has 0 fully saturated rings. The van der Waals surface area contributed by atoms with Gasteiger partial charge in [0.15, 0.2) is 6.61 Å². The maximum atomic E-state index is 12.2. The van der Waals surface area contributed by atoms with Crippen molar-refractivity contribution in [1.29, 1.82) is 0 Å². The number of ether oxygens (including phenoxy) is 1. The Morgan fingerprint density at radius 1 is 1.04 bits per heavy atom. The molecule has 0 aliphatic carbocycles. The van der Waals surface area contributed by atoms with Crippen molar-refractivity contribution in [3.05, 3.63) is 53.1 Å². The summed E-state index contributed by atoms with van der Waals surface area (Å²) in [5, 5.41) is 5.87. The van der Waals surface area contributed by atoms with Gasteiger partial charge in [-0.3, -0.25) is 9.59 Å². The minimum absolute atomic E-state index is 0.0784. The van der Waals surface area contributed by atoms with Crippen LogP contribution in [0, 0.1) is 0 Å². The van der Waals surface area contributed by atoms with Crippen molar-refractivity contribution in [3.63, 3.8) is 0 Å². The Morgan fingerprint density at radius 3 is 2.37 bits per heavy atom. The first-order chi connectivity index (χ1) is 12.9. The van der Waals surface area contributed by atoms with E-state index in [9.17, 15) is 9.59 Å². The van der Waals surface area contributed by atoms with E-state index in [1.165, 1.54) is 5.56 Å². The molecule has 0 radical (unpaired) electrons. The number of benzene rings is 2. The Bertz CT molecular complexity index is 789. The maximum absolute atomic E-state index is 12.2. The minimum atomic E-state index is -0.332. The van der Waals surface area contributed by atoms with Crippen molar-refractivity contribution in [1.82, 2.24) is 0 Å². The molecule has 0 spiro atoms. The highest BCUT2D eigenvalue weighted by atomic mass is 35.5. The van der Waals surface area contributed by atoms with Gasteiger partial charge in [-0.25, -0.2) is 0 Å². The first-order valence-electron chi connectivity index (χ1n) is 9.01. The standard InChI is InChI=1S/C21H25ClN2O3/c1-4-5-20(25)23-16-8-11-18(22)19(12-16)24-21(26)13-27-17-9-6-15(7-10-17)14(2)3/h6-12,14H,4-5,13H2,1-3H3,(H,23,25)(H,24,26). The summed E-state index contributed by atoms with van der Waals surface area (Å²) in [5.41, 5.74) is 2.22. The Hall–Kier alpha value is -2.53. The van der Waals surface area contributed by atoms with Gasteiger partial charge in [-0.1, -0.05) is 44.5 Å². The van der Waals surface area contributed by atoms with Gasteiger partial charge in [-0.05, 0) is 48.2 Å². The Balaban J connectivity index is 1.93. The fourth-order valence-corrected chi connectivity index (χ4v) is 2.60. The smallest absolute Gasteiger partial charge is 0.262 e. The average Bonchev–Trinajstić information content (AvgIpc) is 2.63. The lowest BCUT2D eigenvalue weighted by atomic mass is 10.0. The molecule has 2 amide bonds. The molecule has 0 aliphatic rings. The molecule has 27 heavy (non-hydrogen) atoms. The zero-order valence-corrected chi connectivity index (χ0v) is 16.6. The van der Waals surface area contributed by atoms with Crippen LogP contribution < -0.4 is 15.4 Å².